The summed E-state index contributed by atoms with van der Waals surface area (Å²) in [5.41, 5.74) is 0.670. The van der Waals surface area contributed by atoms with Crippen LogP contribution in [0.5, 0.6) is 0 Å². The molecule has 0 unspecified atom stereocenters. The lowest BCUT2D eigenvalue weighted by atomic mass is 10.1. The quantitative estimate of drug-likeness (QED) is 0.501. The molecule has 1 rings (SSSR count). The number of carbonyl (C=O) groups is 1. The second-order valence-corrected chi connectivity index (χ2v) is 3.42. The third kappa shape index (κ3) is 2.58. The molecular formula is C10H8ClNO4. The van der Waals surface area contributed by atoms with Gasteiger partial charge in [0, 0.05) is 17.7 Å². The predicted molar refractivity (Wildman–Crippen MR) is 59.5 cm³/mol. The third-order valence-corrected chi connectivity index (χ3v) is 2.49. The number of aliphatic carboxylic acids is 1. The summed E-state index contributed by atoms with van der Waals surface area (Å²) in [7, 11) is 0. The largest absolute Gasteiger partial charge is 0.478 e. The number of hydrogen-bond acceptors (Lipinski definition) is 3. The first-order valence-electron chi connectivity index (χ1n) is 4.28. The van der Waals surface area contributed by atoms with Crippen LogP contribution in [0, 0.1) is 17.0 Å². The van der Waals surface area contributed by atoms with Crippen molar-refractivity contribution in [3.8, 4) is 0 Å². The van der Waals surface area contributed by atoms with E-state index in [9.17, 15) is 14.9 Å². The lowest BCUT2D eigenvalue weighted by Gasteiger charge is -2.02. The van der Waals surface area contributed by atoms with Gasteiger partial charge in [0.15, 0.2) is 0 Å². The van der Waals surface area contributed by atoms with Crippen LogP contribution in [0.1, 0.15) is 11.1 Å². The number of carboxylic acids is 1. The van der Waals surface area contributed by atoms with Crippen molar-refractivity contribution < 1.29 is 14.8 Å². The number of hydrogen-bond donors (Lipinski definition) is 1. The highest BCUT2D eigenvalue weighted by molar-refractivity contribution is 6.33. The molecule has 0 heterocycles. The molecule has 0 radical (unpaired) electrons. The third-order valence-electron chi connectivity index (χ3n) is 1.99. The number of carboxylic acid groups (broad SMARTS) is 1. The summed E-state index contributed by atoms with van der Waals surface area (Å²) in [6, 6.07) is 2.70. The highest BCUT2D eigenvalue weighted by atomic mass is 35.5. The average Bonchev–Trinajstić information content (AvgIpc) is 2.19. The molecule has 0 atom stereocenters. The molecule has 5 nitrogen and oxygen atoms in total. The molecule has 6 heteroatoms. The van der Waals surface area contributed by atoms with Gasteiger partial charge in [-0.2, -0.15) is 0 Å². The Balaban J connectivity index is 3.22. The molecule has 0 aromatic heterocycles. The van der Waals surface area contributed by atoms with Crippen LogP contribution in [0.25, 0.3) is 6.08 Å². The van der Waals surface area contributed by atoms with E-state index >= 15 is 0 Å². The number of nitro groups is 1. The number of nitrogens with zero attached hydrogens (tertiary/aromatic N) is 1. The summed E-state index contributed by atoms with van der Waals surface area (Å²) < 4.78 is 0. The number of rotatable bonds is 3. The van der Waals surface area contributed by atoms with Crippen LogP contribution in [0.4, 0.5) is 5.69 Å². The van der Waals surface area contributed by atoms with Crippen molar-refractivity contribution in [3.63, 3.8) is 0 Å². The van der Waals surface area contributed by atoms with E-state index in [1.807, 2.05) is 0 Å². The summed E-state index contributed by atoms with van der Waals surface area (Å²) in [5.74, 6) is -1.10. The molecule has 0 fully saturated rings. The molecule has 0 saturated carbocycles. The van der Waals surface area contributed by atoms with Crippen molar-refractivity contribution in [1.82, 2.24) is 0 Å². The lowest BCUT2D eigenvalue weighted by Crippen LogP contribution is -1.94. The van der Waals surface area contributed by atoms with E-state index < -0.39 is 10.9 Å². The minimum atomic E-state index is -1.10. The molecule has 0 aliphatic rings. The number of nitro benzene ring substituents is 1. The van der Waals surface area contributed by atoms with Gasteiger partial charge in [0.05, 0.1) is 9.95 Å². The van der Waals surface area contributed by atoms with Gasteiger partial charge in [0.2, 0.25) is 0 Å². The summed E-state index contributed by atoms with van der Waals surface area (Å²) in [5, 5.41) is 19.2. The van der Waals surface area contributed by atoms with Crippen molar-refractivity contribution in [2.75, 3.05) is 0 Å². The maximum absolute atomic E-state index is 10.6. The monoisotopic (exact) mass is 241 g/mol. The Morgan fingerprint density at radius 2 is 2.19 bits per heavy atom. The van der Waals surface area contributed by atoms with Gasteiger partial charge in [-0.25, -0.2) is 4.79 Å². The maximum atomic E-state index is 10.6. The fourth-order valence-corrected chi connectivity index (χ4v) is 1.41. The summed E-state index contributed by atoms with van der Waals surface area (Å²) >= 11 is 5.88. The zero-order chi connectivity index (χ0) is 12.3. The van der Waals surface area contributed by atoms with E-state index in [2.05, 4.69) is 0 Å². The Morgan fingerprint density at radius 3 is 2.69 bits per heavy atom. The predicted octanol–water partition coefficient (Wildman–Crippen LogP) is 2.65. The van der Waals surface area contributed by atoms with Gasteiger partial charge < -0.3 is 5.11 Å². The normalized spacial score (nSPS) is 10.6. The van der Waals surface area contributed by atoms with Gasteiger partial charge in [-0.1, -0.05) is 11.6 Å². The Hall–Kier alpha value is -1.88. The fourth-order valence-electron chi connectivity index (χ4n) is 1.18. The van der Waals surface area contributed by atoms with E-state index in [-0.39, 0.29) is 10.7 Å². The Labute approximate surface area is 96.1 Å². The summed E-state index contributed by atoms with van der Waals surface area (Å²) in [6.07, 6.45) is 2.22. The standard InChI is InChI=1S/C10H8ClNO4/c1-6-8(12(15)16)4-2-7(10(6)11)3-5-9(13)14/h2-5H,1H3,(H,13,14)/b5-3+. The van der Waals surface area contributed by atoms with Crippen molar-refractivity contribution in [2.24, 2.45) is 0 Å². The molecule has 1 aromatic carbocycles. The molecule has 0 saturated heterocycles. The highest BCUT2D eigenvalue weighted by Crippen LogP contribution is 2.29. The number of halogens is 1. The van der Waals surface area contributed by atoms with E-state index in [1.165, 1.54) is 25.1 Å². The van der Waals surface area contributed by atoms with Crippen LogP contribution < -0.4 is 0 Å². The first-order chi connectivity index (χ1) is 7.43. The second kappa shape index (κ2) is 4.76. The maximum Gasteiger partial charge on any atom is 0.328 e. The smallest absolute Gasteiger partial charge is 0.328 e. The fraction of sp³-hybridized carbons (Fsp3) is 0.100. The first kappa shape index (κ1) is 12.2. The molecule has 84 valence electrons. The van der Waals surface area contributed by atoms with Crippen LogP contribution in [-0.4, -0.2) is 16.0 Å². The van der Waals surface area contributed by atoms with Gasteiger partial charge in [0.25, 0.3) is 5.69 Å². The van der Waals surface area contributed by atoms with Crippen molar-refractivity contribution in [3.05, 3.63) is 44.5 Å². The van der Waals surface area contributed by atoms with Crippen LogP contribution in [0.3, 0.4) is 0 Å². The van der Waals surface area contributed by atoms with Crippen LogP contribution in [0.15, 0.2) is 18.2 Å². The van der Waals surface area contributed by atoms with Crippen molar-refractivity contribution >= 4 is 29.3 Å². The van der Waals surface area contributed by atoms with E-state index in [4.69, 9.17) is 16.7 Å². The molecule has 0 amide bonds. The zero-order valence-corrected chi connectivity index (χ0v) is 9.06. The molecule has 0 aliphatic heterocycles. The van der Waals surface area contributed by atoms with Crippen LogP contribution >= 0.6 is 11.6 Å². The minimum absolute atomic E-state index is 0.0857. The lowest BCUT2D eigenvalue weighted by molar-refractivity contribution is -0.385. The second-order valence-electron chi connectivity index (χ2n) is 3.04. The molecule has 1 N–H and O–H groups in total. The van der Waals surface area contributed by atoms with Gasteiger partial charge in [-0.15, -0.1) is 0 Å². The van der Waals surface area contributed by atoms with Gasteiger partial charge in [0.1, 0.15) is 0 Å². The summed E-state index contributed by atoms with van der Waals surface area (Å²) in [6.45, 7) is 1.51. The van der Waals surface area contributed by atoms with E-state index in [1.54, 1.807) is 0 Å². The SMILES string of the molecule is Cc1c([N+](=O)[O-])ccc(/C=C/C(=O)O)c1Cl. The Bertz CT molecular complexity index is 482. The molecule has 0 aliphatic carbocycles. The van der Waals surface area contributed by atoms with Gasteiger partial charge >= 0.3 is 5.97 Å². The topological polar surface area (TPSA) is 80.4 Å². The Morgan fingerprint density at radius 1 is 1.56 bits per heavy atom. The van der Waals surface area contributed by atoms with E-state index in [0.717, 1.165) is 6.08 Å². The minimum Gasteiger partial charge on any atom is -0.478 e. The van der Waals surface area contributed by atoms with Crippen LogP contribution in [-0.2, 0) is 4.79 Å². The van der Waals surface area contributed by atoms with E-state index in [0.29, 0.717) is 11.1 Å². The van der Waals surface area contributed by atoms with Gasteiger partial charge in [-0.05, 0) is 24.6 Å². The van der Waals surface area contributed by atoms with Crippen molar-refractivity contribution in [2.45, 2.75) is 6.92 Å². The molecule has 1 aromatic rings. The Kier molecular flexibility index (Phi) is 3.63. The zero-order valence-electron chi connectivity index (χ0n) is 8.31. The molecule has 0 bridgehead atoms. The number of benzene rings is 1. The van der Waals surface area contributed by atoms with Crippen LogP contribution in [0.2, 0.25) is 5.02 Å². The molecular weight excluding hydrogens is 234 g/mol. The highest BCUT2D eigenvalue weighted by Gasteiger charge is 2.14. The average molecular weight is 242 g/mol. The van der Waals surface area contributed by atoms with Gasteiger partial charge in [-0.3, -0.25) is 10.1 Å². The molecule has 16 heavy (non-hydrogen) atoms. The first-order valence-corrected chi connectivity index (χ1v) is 4.65. The summed E-state index contributed by atoms with van der Waals surface area (Å²) in [4.78, 5) is 20.4. The van der Waals surface area contributed by atoms with Crippen molar-refractivity contribution in [1.29, 1.82) is 0 Å². The molecule has 0 spiro atoms.